The number of aromatic nitrogens is 1. The van der Waals surface area contributed by atoms with Crippen LogP contribution in [0.4, 0.5) is 5.82 Å². The van der Waals surface area contributed by atoms with E-state index in [1.807, 2.05) is 0 Å². The molecule has 0 radical (unpaired) electrons. The fourth-order valence-electron chi connectivity index (χ4n) is 1.01. The Kier molecular flexibility index (Phi) is 3.26. The van der Waals surface area contributed by atoms with Gasteiger partial charge in [-0.3, -0.25) is 4.79 Å². The second-order valence-electron chi connectivity index (χ2n) is 2.94. The summed E-state index contributed by atoms with van der Waals surface area (Å²) in [7, 11) is 0. The number of nitrogens with zero attached hydrogens (tertiary/aromatic N) is 1. The van der Waals surface area contributed by atoms with E-state index >= 15 is 0 Å². The zero-order chi connectivity index (χ0) is 11.6. The molecule has 0 atom stereocenters. The van der Waals surface area contributed by atoms with Crippen LogP contribution in [0.2, 0.25) is 5.02 Å². The van der Waals surface area contributed by atoms with Crippen molar-refractivity contribution < 1.29 is 14.7 Å². The van der Waals surface area contributed by atoms with Gasteiger partial charge < -0.3 is 10.4 Å². The molecule has 6 heteroatoms. The first-order valence-electron chi connectivity index (χ1n) is 4.10. The molecule has 0 saturated heterocycles. The van der Waals surface area contributed by atoms with E-state index in [0.29, 0.717) is 5.69 Å². The third kappa shape index (κ3) is 2.66. The minimum atomic E-state index is -1.19. The van der Waals surface area contributed by atoms with Crippen LogP contribution in [0.5, 0.6) is 0 Å². The molecule has 0 spiro atoms. The Morgan fingerprint density at radius 2 is 2.13 bits per heavy atom. The smallest absolute Gasteiger partial charge is 0.339 e. The van der Waals surface area contributed by atoms with E-state index in [9.17, 15) is 9.59 Å². The molecule has 0 bridgehead atoms. The van der Waals surface area contributed by atoms with Gasteiger partial charge in [-0.05, 0) is 13.0 Å². The van der Waals surface area contributed by atoms with E-state index in [4.69, 9.17) is 16.7 Å². The Hall–Kier alpha value is -1.62. The van der Waals surface area contributed by atoms with E-state index in [1.165, 1.54) is 13.0 Å². The van der Waals surface area contributed by atoms with Gasteiger partial charge in [-0.15, -0.1) is 0 Å². The number of aromatic carboxylic acids is 1. The lowest BCUT2D eigenvalue weighted by Crippen LogP contribution is -2.13. The van der Waals surface area contributed by atoms with Gasteiger partial charge in [0.2, 0.25) is 5.91 Å². The molecule has 1 amide bonds. The maximum Gasteiger partial charge on any atom is 0.339 e. The van der Waals surface area contributed by atoms with Crippen LogP contribution in [0.1, 0.15) is 23.0 Å². The number of rotatable bonds is 2. The summed E-state index contributed by atoms with van der Waals surface area (Å²) in [6.07, 6.45) is 0. The zero-order valence-electron chi connectivity index (χ0n) is 8.17. The molecule has 0 fully saturated rings. The predicted molar refractivity (Wildman–Crippen MR) is 55.2 cm³/mol. The summed E-state index contributed by atoms with van der Waals surface area (Å²) in [5.41, 5.74) is 0.339. The molecule has 15 heavy (non-hydrogen) atoms. The molecule has 1 aromatic heterocycles. The molecular formula is C9H9ClN2O3. The van der Waals surface area contributed by atoms with Gasteiger partial charge in [0.25, 0.3) is 0 Å². The first kappa shape index (κ1) is 11.5. The first-order chi connectivity index (χ1) is 6.91. The van der Waals surface area contributed by atoms with Crippen molar-refractivity contribution in [1.82, 2.24) is 4.98 Å². The van der Waals surface area contributed by atoms with Crippen LogP contribution < -0.4 is 5.32 Å². The average molecular weight is 229 g/mol. The number of hydrogen-bond acceptors (Lipinski definition) is 3. The molecule has 80 valence electrons. The Balaban J connectivity index is 3.28. The molecule has 0 aliphatic heterocycles. The van der Waals surface area contributed by atoms with Gasteiger partial charge in [0.1, 0.15) is 11.4 Å². The molecule has 0 saturated carbocycles. The summed E-state index contributed by atoms with van der Waals surface area (Å²) < 4.78 is 0. The largest absolute Gasteiger partial charge is 0.478 e. The normalized spacial score (nSPS) is 9.80. The van der Waals surface area contributed by atoms with Crippen molar-refractivity contribution in [2.45, 2.75) is 13.8 Å². The third-order valence-corrected chi connectivity index (χ3v) is 2.06. The highest BCUT2D eigenvalue weighted by Gasteiger charge is 2.14. The van der Waals surface area contributed by atoms with Crippen molar-refractivity contribution in [2.24, 2.45) is 0 Å². The van der Waals surface area contributed by atoms with E-state index in [1.54, 1.807) is 6.92 Å². The molecule has 0 unspecified atom stereocenters. The second-order valence-corrected chi connectivity index (χ2v) is 3.35. The number of carbonyl (C=O) groups excluding carboxylic acids is 1. The van der Waals surface area contributed by atoms with Gasteiger partial charge in [0.15, 0.2) is 0 Å². The zero-order valence-corrected chi connectivity index (χ0v) is 8.92. The number of hydrogen-bond donors (Lipinski definition) is 2. The van der Waals surface area contributed by atoms with E-state index in [-0.39, 0.29) is 22.3 Å². The van der Waals surface area contributed by atoms with Crippen molar-refractivity contribution in [1.29, 1.82) is 0 Å². The summed E-state index contributed by atoms with van der Waals surface area (Å²) in [5, 5.41) is 11.4. The van der Waals surface area contributed by atoms with Crippen molar-refractivity contribution in [3.63, 3.8) is 0 Å². The average Bonchev–Trinajstić information content (AvgIpc) is 2.09. The lowest BCUT2D eigenvalue weighted by Gasteiger charge is -2.07. The van der Waals surface area contributed by atoms with Crippen LogP contribution in [0.3, 0.4) is 0 Å². The van der Waals surface area contributed by atoms with Crippen LogP contribution in [0, 0.1) is 6.92 Å². The minimum absolute atomic E-state index is 0.0110. The second kappa shape index (κ2) is 4.27. The number of carbonyl (C=O) groups is 2. The Morgan fingerprint density at radius 3 is 2.60 bits per heavy atom. The van der Waals surface area contributed by atoms with Crippen LogP contribution >= 0.6 is 11.6 Å². The van der Waals surface area contributed by atoms with E-state index in [0.717, 1.165) is 0 Å². The fourth-order valence-corrected chi connectivity index (χ4v) is 1.16. The lowest BCUT2D eigenvalue weighted by molar-refractivity contribution is -0.114. The SMILES string of the molecule is CC(=O)Nc1nc(C)c(Cl)cc1C(=O)O. The Bertz CT molecular complexity index is 432. The molecule has 1 aromatic rings. The molecule has 0 aromatic carbocycles. The van der Waals surface area contributed by atoms with Gasteiger partial charge >= 0.3 is 5.97 Å². The lowest BCUT2D eigenvalue weighted by atomic mass is 10.2. The van der Waals surface area contributed by atoms with Gasteiger partial charge in [0.05, 0.1) is 10.7 Å². The molecule has 0 aliphatic rings. The summed E-state index contributed by atoms with van der Waals surface area (Å²) >= 11 is 5.73. The molecule has 1 rings (SSSR count). The van der Waals surface area contributed by atoms with Crippen LogP contribution in [0.25, 0.3) is 0 Å². The Morgan fingerprint density at radius 1 is 1.53 bits per heavy atom. The monoisotopic (exact) mass is 228 g/mol. The number of pyridine rings is 1. The van der Waals surface area contributed by atoms with Crippen LogP contribution in [-0.4, -0.2) is 22.0 Å². The summed E-state index contributed by atoms with van der Waals surface area (Å²) in [6, 6.07) is 1.26. The number of aryl methyl sites for hydroxylation is 1. The number of carboxylic acids is 1. The molecule has 1 heterocycles. The first-order valence-corrected chi connectivity index (χ1v) is 4.47. The highest BCUT2D eigenvalue weighted by molar-refractivity contribution is 6.31. The molecule has 2 N–H and O–H groups in total. The number of amides is 1. The van der Waals surface area contributed by atoms with Gasteiger partial charge in [0, 0.05) is 6.92 Å². The molecular weight excluding hydrogens is 220 g/mol. The predicted octanol–water partition coefficient (Wildman–Crippen LogP) is 1.70. The topological polar surface area (TPSA) is 79.3 Å². The quantitative estimate of drug-likeness (QED) is 0.808. The number of halogens is 1. The van der Waals surface area contributed by atoms with Crippen molar-refractivity contribution in [2.75, 3.05) is 5.32 Å². The maximum absolute atomic E-state index is 10.8. The van der Waals surface area contributed by atoms with Crippen molar-refractivity contribution in [3.8, 4) is 0 Å². The summed E-state index contributed by atoms with van der Waals surface area (Å²) in [4.78, 5) is 25.5. The van der Waals surface area contributed by atoms with E-state index in [2.05, 4.69) is 10.3 Å². The number of nitrogens with one attached hydrogen (secondary N) is 1. The van der Waals surface area contributed by atoms with Crippen LogP contribution in [-0.2, 0) is 4.79 Å². The third-order valence-electron chi connectivity index (χ3n) is 1.68. The molecule has 0 aliphatic carbocycles. The number of carboxylic acid groups (broad SMARTS) is 1. The summed E-state index contributed by atoms with van der Waals surface area (Å²) in [6.45, 7) is 2.90. The van der Waals surface area contributed by atoms with Crippen LogP contribution in [0.15, 0.2) is 6.07 Å². The Labute approximate surface area is 91.1 Å². The van der Waals surface area contributed by atoms with Crippen molar-refractivity contribution in [3.05, 3.63) is 22.3 Å². The fraction of sp³-hybridized carbons (Fsp3) is 0.222. The van der Waals surface area contributed by atoms with E-state index < -0.39 is 5.97 Å². The highest BCUT2D eigenvalue weighted by Crippen LogP contribution is 2.21. The highest BCUT2D eigenvalue weighted by atomic mass is 35.5. The minimum Gasteiger partial charge on any atom is -0.478 e. The van der Waals surface area contributed by atoms with Gasteiger partial charge in [-0.25, -0.2) is 9.78 Å². The standard InChI is InChI=1S/C9H9ClN2O3/c1-4-7(10)3-6(9(14)15)8(11-4)12-5(2)13/h3H,1-2H3,(H,14,15)(H,11,12,13). The maximum atomic E-state index is 10.8. The molecule has 5 nitrogen and oxygen atoms in total. The summed E-state index contributed by atoms with van der Waals surface area (Å²) in [5.74, 6) is -1.56. The van der Waals surface area contributed by atoms with Gasteiger partial charge in [-0.1, -0.05) is 11.6 Å². The number of anilines is 1. The van der Waals surface area contributed by atoms with Crippen molar-refractivity contribution >= 4 is 29.3 Å². The van der Waals surface area contributed by atoms with Gasteiger partial charge in [-0.2, -0.15) is 0 Å².